The van der Waals surface area contributed by atoms with E-state index in [1.807, 2.05) is 29.6 Å². The van der Waals surface area contributed by atoms with Crippen molar-refractivity contribution in [2.45, 2.75) is 26.3 Å². The molecule has 0 bridgehead atoms. The van der Waals surface area contributed by atoms with Gasteiger partial charge < -0.3 is 10.3 Å². The van der Waals surface area contributed by atoms with Crippen molar-refractivity contribution in [3.8, 4) is 11.1 Å². The number of amides is 1. The molecule has 7 nitrogen and oxygen atoms in total. The maximum absolute atomic E-state index is 12.9. The van der Waals surface area contributed by atoms with Crippen LogP contribution in [0.5, 0.6) is 0 Å². The number of halogens is 1. The number of piperazine rings is 1. The van der Waals surface area contributed by atoms with E-state index in [2.05, 4.69) is 27.0 Å². The van der Waals surface area contributed by atoms with Gasteiger partial charge in [-0.1, -0.05) is 43.1 Å². The number of unbranched alkanes of at least 4 members (excludes halogenated alkanes) is 1. The lowest BCUT2D eigenvalue weighted by Gasteiger charge is -2.33. The fourth-order valence-corrected chi connectivity index (χ4v) is 5.12. The summed E-state index contributed by atoms with van der Waals surface area (Å²) in [4.78, 5) is 37.7. The van der Waals surface area contributed by atoms with Gasteiger partial charge in [-0.25, -0.2) is 4.98 Å². The summed E-state index contributed by atoms with van der Waals surface area (Å²) >= 11 is 7.80. The average Bonchev–Trinajstić information content (AvgIpc) is 3.20. The van der Waals surface area contributed by atoms with Crippen LogP contribution in [0.2, 0.25) is 5.02 Å². The predicted molar refractivity (Wildman–Crippen MR) is 130 cm³/mol. The van der Waals surface area contributed by atoms with Crippen LogP contribution in [0.4, 0.5) is 0 Å². The first-order valence-electron chi connectivity index (χ1n) is 11.0. The zero-order chi connectivity index (χ0) is 22.5. The van der Waals surface area contributed by atoms with Crippen LogP contribution in [0, 0.1) is 0 Å². The van der Waals surface area contributed by atoms with Gasteiger partial charge in [0.05, 0.1) is 18.5 Å². The number of carbonyl (C=O) groups excluding carboxylic acids is 1. The predicted octanol–water partition coefficient (Wildman–Crippen LogP) is 3.34. The van der Waals surface area contributed by atoms with Gasteiger partial charge >= 0.3 is 0 Å². The van der Waals surface area contributed by atoms with E-state index < -0.39 is 0 Å². The number of rotatable bonds is 8. The fourth-order valence-electron chi connectivity index (χ4n) is 3.93. The van der Waals surface area contributed by atoms with E-state index in [0.29, 0.717) is 29.3 Å². The van der Waals surface area contributed by atoms with Gasteiger partial charge in [-0.05, 0) is 12.5 Å². The number of aromatic amines is 1. The van der Waals surface area contributed by atoms with Gasteiger partial charge in [0.2, 0.25) is 5.91 Å². The van der Waals surface area contributed by atoms with Crippen molar-refractivity contribution in [3.63, 3.8) is 0 Å². The van der Waals surface area contributed by atoms with Crippen molar-refractivity contribution in [3.05, 3.63) is 50.8 Å². The first-order valence-corrected chi connectivity index (χ1v) is 12.3. The van der Waals surface area contributed by atoms with E-state index in [1.165, 1.54) is 11.3 Å². The molecule has 0 saturated carbocycles. The second kappa shape index (κ2) is 10.6. The molecule has 3 heterocycles. The number of aromatic nitrogens is 2. The Kier molecular flexibility index (Phi) is 7.57. The Morgan fingerprint density at radius 3 is 2.69 bits per heavy atom. The van der Waals surface area contributed by atoms with Crippen LogP contribution in [0.3, 0.4) is 0 Å². The van der Waals surface area contributed by atoms with Gasteiger partial charge in [-0.2, -0.15) is 0 Å². The summed E-state index contributed by atoms with van der Waals surface area (Å²) in [7, 11) is 0. The van der Waals surface area contributed by atoms with Crippen molar-refractivity contribution in [1.29, 1.82) is 0 Å². The summed E-state index contributed by atoms with van der Waals surface area (Å²) < 4.78 is 0. The van der Waals surface area contributed by atoms with Crippen LogP contribution in [-0.2, 0) is 11.3 Å². The Morgan fingerprint density at radius 1 is 1.19 bits per heavy atom. The summed E-state index contributed by atoms with van der Waals surface area (Å²) in [5.41, 5.74) is 1.53. The quantitative estimate of drug-likeness (QED) is 0.490. The number of nitrogens with zero attached hydrogens (tertiary/aromatic N) is 3. The molecule has 2 N–H and O–H groups in total. The molecule has 3 aromatic rings. The molecular weight excluding hydrogens is 446 g/mol. The molecule has 0 atom stereocenters. The summed E-state index contributed by atoms with van der Waals surface area (Å²) in [6.07, 6.45) is 2.09. The Morgan fingerprint density at radius 2 is 1.94 bits per heavy atom. The van der Waals surface area contributed by atoms with E-state index in [1.54, 1.807) is 0 Å². The van der Waals surface area contributed by atoms with Crippen molar-refractivity contribution in [2.75, 3.05) is 39.3 Å². The molecule has 1 saturated heterocycles. The maximum Gasteiger partial charge on any atom is 0.260 e. The zero-order valence-corrected chi connectivity index (χ0v) is 19.8. The minimum Gasteiger partial charge on any atom is -0.355 e. The van der Waals surface area contributed by atoms with Gasteiger partial charge in [0.15, 0.2) is 0 Å². The molecule has 1 aliphatic rings. The molecular formula is C23H28ClN5O2S. The standard InChI is InChI=1S/C23H28ClN5O2S/c1-2-3-8-25-20(30)14-29-11-9-28(10-12-29)13-19-26-22(31)21-17(15-32-23(21)27-19)16-6-4-5-7-18(16)24/h4-7,15H,2-3,8-14H2,1H3,(H,25,30)(H,26,27,31). The Hall–Kier alpha value is -2.26. The molecule has 1 fully saturated rings. The van der Waals surface area contributed by atoms with Crippen LogP contribution in [-0.4, -0.2) is 64.9 Å². The highest BCUT2D eigenvalue weighted by molar-refractivity contribution is 7.17. The van der Waals surface area contributed by atoms with E-state index in [9.17, 15) is 9.59 Å². The molecule has 1 aromatic carbocycles. The van der Waals surface area contributed by atoms with Crippen molar-refractivity contribution in [1.82, 2.24) is 25.1 Å². The van der Waals surface area contributed by atoms with Gasteiger partial charge in [0, 0.05) is 54.3 Å². The largest absolute Gasteiger partial charge is 0.355 e. The van der Waals surface area contributed by atoms with Crippen molar-refractivity contribution >= 4 is 39.1 Å². The normalized spacial score (nSPS) is 15.3. The summed E-state index contributed by atoms with van der Waals surface area (Å²) in [5, 5.41) is 6.12. The molecule has 9 heteroatoms. The van der Waals surface area contributed by atoms with Gasteiger partial charge in [-0.15, -0.1) is 11.3 Å². The number of carbonyl (C=O) groups is 1. The Labute approximate surface area is 196 Å². The lowest BCUT2D eigenvalue weighted by atomic mass is 10.1. The minimum absolute atomic E-state index is 0.0929. The molecule has 0 spiro atoms. The number of benzene rings is 1. The molecule has 0 aliphatic carbocycles. The van der Waals surface area contributed by atoms with Crippen LogP contribution in [0.1, 0.15) is 25.6 Å². The van der Waals surface area contributed by atoms with Gasteiger partial charge in [-0.3, -0.25) is 19.4 Å². The highest BCUT2D eigenvalue weighted by Gasteiger charge is 2.21. The Bertz CT molecular complexity index is 1140. The lowest BCUT2D eigenvalue weighted by Crippen LogP contribution is -2.49. The molecule has 0 unspecified atom stereocenters. The first kappa shape index (κ1) is 22.9. The number of thiophene rings is 1. The van der Waals surface area contributed by atoms with Crippen LogP contribution in [0.25, 0.3) is 21.3 Å². The van der Waals surface area contributed by atoms with Crippen molar-refractivity contribution < 1.29 is 4.79 Å². The molecule has 0 radical (unpaired) electrons. The van der Waals surface area contributed by atoms with E-state index >= 15 is 0 Å². The van der Waals surface area contributed by atoms with Crippen LogP contribution >= 0.6 is 22.9 Å². The SMILES string of the molecule is CCCCNC(=O)CN1CCN(Cc2nc3scc(-c4ccccc4Cl)c3c(=O)[nH]2)CC1. The van der Waals surface area contributed by atoms with Gasteiger partial charge in [0.25, 0.3) is 5.56 Å². The highest BCUT2D eigenvalue weighted by Crippen LogP contribution is 2.34. The van der Waals surface area contributed by atoms with Crippen LogP contribution < -0.4 is 10.9 Å². The first-order chi connectivity index (χ1) is 15.5. The highest BCUT2D eigenvalue weighted by atomic mass is 35.5. The number of nitrogens with one attached hydrogen (secondary N) is 2. The van der Waals surface area contributed by atoms with E-state index in [0.717, 1.165) is 61.5 Å². The number of hydrogen-bond acceptors (Lipinski definition) is 6. The molecule has 170 valence electrons. The minimum atomic E-state index is -0.136. The number of fused-ring (bicyclic) bond motifs is 1. The summed E-state index contributed by atoms with van der Waals surface area (Å²) in [6, 6.07) is 7.53. The monoisotopic (exact) mass is 473 g/mol. The van der Waals surface area contributed by atoms with E-state index in [-0.39, 0.29) is 11.5 Å². The second-order valence-electron chi connectivity index (χ2n) is 8.08. The summed E-state index contributed by atoms with van der Waals surface area (Å²) in [6.45, 7) is 7.20. The molecule has 32 heavy (non-hydrogen) atoms. The number of H-pyrrole nitrogens is 1. The third-order valence-corrected chi connectivity index (χ3v) is 6.92. The third kappa shape index (κ3) is 5.38. The third-order valence-electron chi connectivity index (χ3n) is 5.72. The average molecular weight is 474 g/mol. The van der Waals surface area contributed by atoms with Crippen molar-refractivity contribution in [2.24, 2.45) is 0 Å². The molecule has 2 aromatic heterocycles. The fraction of sp³-hybridized carbons (Fsp3) is 0.435. The second-order valence-corrected chi connectivity index (χ2v) is 9.34. The topological polar surface area (TPSA) is 81.3 Å². The van der Waals surface area contributed by atoms with E-state index in [4.69, 9.17) is 16.6 Å². The lowest BCUT2D eigenvalue weighted by molar-refractivity contribution is -0.122. The molecule has 4 rings (SSSR count). The van der Waals surface area contributed by atoms with Crippen LogP contribution in [0.15, 0.2) is 34.4 Å². The smallest absolute Gasteiger partial charge is 0.260 e. The number of hydrogen-bond donors (Lipinski definition) is 2. The Balaban J connectivity index is 1.38. The maximum atomic E-state index is 12.9. The zero-order valence-electron chi connectivity index (χ0n) is 18.2. The molecule has 1 amide bonds. The summed E-state index contributed by atoms with van der Waals surface area (Å²) in [5.74, 6) is 0.760. The molecule has 1 aliphatic heterocycles. The van der Waals surface area contributed by atoms with Gasteiger partial charge in [0.1, 0.15) is 10.7 Å².